The van der Waals surface area contributed by atoms with E-state index in [1.807, 2.05) is 13.8 Å². The van der Waals surface area contributed by atoms with E-state index in [4.69, 9.17) is 11.6 Å². The van der Waals surface area contributed by atoms with Gasteiger partial charge in [0, 0.05) is 11.5 Å². The summed E-state index contributed by atoms with van der Waals surface area (Å²) in [5, 5.41) is 3.74. The quantitative estimate of drug-likeness (QED) is 0.867. The Balaban J connectivity index is 1.90. The van der Waals surface area contributed by atoms with Crippen LogP contribution in [0.5, 0.6) is 0 Å². The maximum absolute atomic E-state index is 11.7. The van der Waals surface area contributed by atoms with Crippen molar-refractivity contribution in [3.05, 3.63) is 16.5 Å². The number of nitrogens with zero attached hydrogens (tertiary/aromatic N) is 2. The molecule has 0 bridgehead atoms. The summed E-state index contributed by atoms with van der Waals surface area (Å²) in [6.07, 6.45) is 2.80. The summed E-state index contributed by atoms with van der Waals surface area (Å²) in [7, 11) is -2.95. The van der Waals surface area contributed by atoms with Crippen LogP contribution < -0.4 is 5.32 Å². The third-order valence-corrected chi connectivity index (χ3v) is 6.24. The van der Waals surface area contributed by atoms with Crippen molar-refractivity contribution in [3.63, 3.8) is 0 Å². The van der Waals surface area contributed by atoms with Crippen LogP contribution in [0.1, 0.15) is 43.5 Å². The summed E-state index contributed by atoms with van der Waals surface area (Å²) in [5.41, 5.74) is 0.309. The lowest BCUT2D eigenvalue weighted by Gasteiger charge is -2.26. The number of rotatable bonds is 3. The standard InChI is InChI=1S/C13H18ClN3O2S/c1-8-10(14)15-12(9-3-4-9)16-11(8)17-13(2)5-6-20(18,19)7-13/h9H,3-7H2,1-2H3,(H,15,16,17). The van der Waals surface area contributed by atoms with Gasteiger partial charge in [0.15, 0.2) is 9.84 Å². The second kappa shape index (κ2) is 4.56. The van der Waals surface area contributed by atoms with Gasteiger partial charge in [-0.3, -0.25) is 0 Å². The van der Waals surface area contributed by atoms with Crippen LogP contribution in [0.3, 0.4) is 0 Å². The van der Waals surface area contributed by atoms with E-state index in [9.17, 15) is 8.42 Å². The van der Waals surface area contributed by atoms with Gasteiger partial charge in [0.25, 0.3) is 0 Å². The van der Waals surface area contributed by atoms with Crippen molar-refractivity contribution in [2.45, 2.75) is 44.6 Å². The van der Waals surface area contributed by atoms with Crippen molar-refractivity contribution in [3.8, 4) is 0 Å². The molecule has 1 saturated carbocycles. The van der Waals surface area contributed by atoms with Gasteiger partial charge in [-0.1, -0.05) is 11.6 Å². The van der Waals surface area contributed by atoms with Gasteiger partial charge in [0.05, 0.1) is 17.0 Å². The van der Waals surface area contributed by atoms with E-state index in [-0.39, 0.29) is 11.5 Å². The average Bonchev–Trinajstić information content (AvgIpc) is 3.12. The molecule has 2 fully saturated rings. The van der Waals surface area contributed by atoms with Crippen LogP contribution in [0.25, 0.3) is 0 Å². The fraction of sp³-hybridized carbons (Fsp3) is 0.692. The molecule has 1 aromatic rings. The first-order valence-corrected chi connectivity index (χ1v) is 9.01. The van der Waals surface area contributed by atoms with Crippen molar-refractivity contribution in [2.24, 2.45) is 0 Å². The molecule has 1 aliphatic heterocycles. The van der Waals surface area contributed by atoms with Gasteiger partial charge in [-0.05, 0) is 33.1 Å². The monoisotopic (exact) mass is 315 g/mol. The van der Waals surface area contributed by atoms with E-state index in [2.05, 4.69) is 15.3 Å². The molecule has 1 N–H and O–H groups in total. The van der Waals surface area contributed by atoms with Gasteiger partial charge in [-0.25, -0.2) is 18.4 Å². The lowest BCUT2D eigenvalue weighted by molar-refractivity contribution is 0.570. The van der Waals surface area contributed by atoms with Gasteiger partial charge >= 0.3 is 0 Å². The Labute approximate surface area is 124 Å². The van der Waals surface area contributed by atoms with Crippen molar-refractivity contribution in [1.29, 1.82) is 0 Å². The van der Waals surface area contributed by atoms with Crippen LogP contribution >= 0.6 is 11.6 Å². The van der Waals surface area contributed by atoms with E-state index < -0.39 is 15.4 Å². The van der Waals surface area contributed by atoms with Crippen LogP contribution in [0.2, 0.25) is 5.15 Å². The zero-order valence-corrected chi connectivity index (χ0v) is 13.2. The highest BCUT2D eigenvalue weighted by molar-refractivity contribution is 7.91. The summed E-state index contributed by atoms with van der Waals surface area (Å²) in [6, 6.07) is 0. The zero-order chi connectivity index (χ0) is 14.5. The smallest absolute Gasteiger partial charge is 0.152 e. The molecule has 1 saturated heterocycles. The third kappa shape index (κ3) is 2.76. The first-order chi connectivity index (χ1) is 9.28. The summed E-state index contributed by atoms with van der Waals surface area (Å²) >= 11 is 6.17. The molecule has 0 spiro atoms. The Morgan fingerprint density at radius 2 is 2.05 bits per heavy atom. The Kier molecular flexibility index (Phi) is 3.21. The van der Waals surface area contributed by atoms with Gasteiger partial charge in [0.2, 0.25) is 0 Å². The molecule has 1 unspecified atom stereocenters. The molecule has 0 amide bonds. The topological polar surface area (TPSA) is 72.0 Å². The Hall–Kier alpha value is -0.880. The van der Waals surface area contributed by atoms with E-state index in [0.29, 0.717) is 23.3 Å². The predicted molar refractivity (Wildman–Crippen MR) is 79.1 cm³/mol. The molecule has 1 atom stereocenters. The molecule has 110 valence electrons. The molecule has 0 aromatic carbocycles. The Morgan fingerprint density at radius 3 is 2.60 bits per heavy atom. The fourth-order valence-electron chi connectivity index (χ4n) is 2.55. The predicted octanol–water partition coefficient (Wildman–Crippen LogP) is 2.30. The Bertz CT molecular complexity index is 658. The summed E-state index contributed by atoms with van der Waals surface area (Å²) in [6.45, 7) is 3.78. The van der Waals surface area contributed by atoms with Crippen molar-refractivity contribution in [2.75, 3.05) is 16.8 Å². The van der Waals surface area contributed by atoms with Crippen LogP contribution in [0.15, 0.2) is 0 Å². The minimum absolute atomic E-state index is 0.139. The number of nitrogens with one attached hydrogen (secondary N) is 1. The molecular formula is C13H18ClN3O2S. The number of sulfone groups is 1. The van der Waals surface area contributed by atoms with Gasteiger partial charge < -0.3 is 5.32 Å². The molecule has 2 aliphatic rings. The highest BCUT2D eigenvalue weighted by Gasteiger charge is 2.39. The van der Waals surface area contributed by atoms with Gasteiger partial charge in [-0.2, -0.15) is 0 Å². The zero-order valence-electron chi connectivity index (χ0n) is 11.6. The van der Waals surface area contributed by atoms with E-state index in [0.717, 1.165) is 24.2 Å². The second-order valence-electron chi connectivity index (χ2n) is 6.15. The van der Waals surface area contributed by atoms with E-state index in [1.165, 1.54) is 0 Å². The minimum atomic E-state index is -2.95. The lowest BCUT2D eigenvalue weighted by Crippen LogP contribution is -2.36. The summed E-state index contributed by atoms with van der Waals surface area (Å²) < 4.78 is 23.3. The Morgan fingerprint density at radius 1 is 1.35 bits per heavy atom. The van der Waals surface area contributed by atoms with Crippen molar-refractivity contribution >= 4 is 27.3 Å². The third-order valence-electron chi connectivity index (χ3n) is 3.97. The van der Waals surface area contributed by atoms with Crippen molar-refractivity contribution in [1.82, 2.24) is 9.97 Å². The van der Waals surface area contributed by atoms with E-state index in [1.54, 1.807) is 0 Å². The molecule has 5 nitrogen and oxygen atoms in total. The molecule has 3 rings (SSSR count). The first kappa shape index (κ1) is 14.1. The maximum atomic E-state index is 11.7. The molecule has 1 aromatic heterocycles. The highest BCUT2D eigenvalue weighted by Crippen LogP contribution is 2.40. The number of anilines is 1. The summed E-state index contributed by atoms with van der Waals surface area (Å²) in [4.78, 5) is 8.87. The van der Waals surface area contributed by atoms with Crippen LogP contribution in [-0.2, 0) is 9.84 Å². The minimum Gasteiger partial charge on any atom is -0.363 e. The molecule has 7 heteroatoms. The number of aromatic nitrogens is 2. The molecular weight excluding hydrogens is 298 g/mol. The molecule has 0 radical (unpaired) electrons. The largest absolute Gasteiger partial charge is 0.363 e. The number of halogens is 1. The molecule has 20 heavy (non-hydrogen) atoms. The van der Waals surface area contributed by atoms with Gasteiger partial charge in [-0.15, -0.1) is 0 Å². The van der Waals surface area contributed by atoms with Crippen LogP contribution in [0.4, 0.5) is 5.82 Å². The highest BCUT2D eigenvalue weighted by atomic mass is 35.5. The molecule has 2 heterocycles. The number of hydrogen-bond acceptors (Lipinski definition) is 5. The molecule has 1 aliphatic carbocycles. The fourth-order valence-corrected chi connectivity index (χ4v) is 4.82. The maximum Gasteiger partial charge on any atom is 0.152 e. The average molecular weight is 316 g/mol. The number of hydrogen-bond donors (Lipinski definition) is 1. The van der Waals surface area contributed by atoms with Crippen molar-refractivity contribution < 1.29 is 8.42 Å². The normalized spacial score (nSPS) is 28.6. The second-order valence-corrected chi connectivity index (χ2v) is 8.69. The first-order valence-electron chi connectivity index (χ1n) is 6.81. The van der Waals surface area contributed by atoms with Crippen LogP contribution in [-0.4, -0.2) is 35.4 Å². The van der Waals surface area contributed by atoms with E-state index >= 15 is 0 Å². The van der Waals surface area contributed by atoms with Crippen LogP contribution in [0, 0.1) is 6.92 Å². The summed E-state index contributed by atoms with van der Waals surface area (Å²) in [5.74, 6) is 2.22. The van der Waals surface area contributed by atoms with Gasteiger partial charge in [0.1, 0.15) is 16.8 Å². The lowest BCUT2D eigenvalue weighted by atomic mass is 10.0. The SMILES string of the molecule is Cc1c(Cl)nc(C2CC2)nc1NC1(C)CCS(=O)(=O)C1.